The molecule has 26 heavy (non-hydrogen) atoms. The Labute approximate surface area is 154 Å². The molecule has 0 saturated carbocycles. The first-order valence-corrected chi connectivity index (χ1v) is 8.94. The van der Waals surface area contributed by atoms with Crippen molar-refractivity contribution in [3.63, 3.8) is 0 Å². The number of ether oxygens (including phenoxy) is 1. The third-order valence-electron chi connectivity index (χ3n) is 4.24. The van der Waals surface area contributed by atoms with Crippen LogP contribution in [0.2, 0.25) is 0 Å². The van der Waals surface area contributed by atoms with Gasteiger partial charge in [0.15, 0.2) is 0 Å². The van der Waals surface area contributed by atoms with Crippen molar-refractivity contribution < 1.29 is 9.53 Å². The molecule has 7 heteroatoms. The van der Waals surface area contributed by atoms with E-state index in [1.165, 1.54) is 0 Å². The minimum atomic E-state index is -0.319. The van der Waals surface area contributed by atoms with Crippen LogP contribution >= 0.6 is 0 Å². The number of anilines is 1. The van der Waals surface area contributed by atoms with E-state index in [-0.39, 0.29) is 12.1 Å². The van der Waals surface area contributed by atoms with Gasteiger partial charge in [-0.2, -0.15) is 0 Å². The van der Waals surface area contributed by atoms with Crippen LogP contribution in [0.3, 0.4) is 0 Å². The van der Waals surface area contributed by atoms with Gasteiger partial charge in [-0.05, 0) is 32.9 Å². The van der Waals surface area contributed by atoms with E-state index >= 15 is 0 Å². The molecule has 0 radical (unpaired) electrons. The fourth-order valence-electron chi connectivity index (χ4n) is 2.93. The average molecular weight is 355 g/mol. The Morgan fingerprint density at radius 3 is 2.58 bits per heavy atom. The van der Waals surface area contributed by atoms with Crippen molar-refractivity contribution in [3.05, 3.63) is 47.7 Å². The molecule has 3 rings (SSSR count). The fourth-order valence-corrected chi connectivity index (χ4v) is 2.93. The summed E-state index contributed by atoms with van der Waals surface area (Å²) in [5.74, 6) is 0.383. The molecule has 2 aromatic rings. The highest BCUT2D eigenvalue weighted by Crippen LogP contribution is 2.21. The Balaban J connectivity index is 1.63. The van der Waals surface area contributed by atoms with Crippen LogP contribution in [0.25, 0.3) is 0 Å². The molecular formula is C19H25N5O2. The third kappa shape index (κ3) is 4.54. The molecule has 0 bridgehead atoms. The van der Waals surface area contributed by atoms with E-state index < -0.39 is 0 Å². The second kappa shape index (κ2) is 8.23. The summed E-state index contributed by atoms with van der Waals surface area (Å²) in [5, 5.41) is 0. The van der Waals surface area contributed by atoms with Crippen LogP contribution < -0.4 is 4.90 Å². The molecule has 3 heterocycles. The summed E-state index contributed by atoms with van der Waals surface area (Å²) in [5.41, 5.74) is 2.43. The molecule has 0 aliphatic carbocycles. The van der Waals surface area contributed by atoms with Crippen LogP contribution in [-0.4, -0.2) is 58.1 Å². The first kappa shape index (κ1) is 18.3. The van der Waals surface area contributed by atoms with Crippen LogP contribution in [0.5, 0.6) is 0 Å². The van der Waals surface area contributed by atoms with Crippen LogP contribution in [0.4, 0.5) is 5.82 Å². The number of hydrogen-bond donors (Lipinski definition) is 0. The summed E-state index contributed by atoms with van der Waals surface area (Å²) >= 11 is 0. The molecule has 2 aromatic heterocycles. The van der Waals surface area contributed by atoms with Crippen molar-refractivity contribution >= 4 is 11.8 Å². The first-order valence-electron chi connectivity index (χ1n) is 8.94. The minimum Gasteiger partial charge on any atom is -0.459 e. The summed E-state index contributed by atoms with van der Waals surface area (Å²) in [6.45, 7) is 9.78. The largest absolute Gasteiger partial charge is 0.459 e. The summed E-state index contributed by atoms with van der Waals surface area (Å²) < 4.78 is 5.35. The van der Waals surface area contributed by atoms with Crippen LogP contribution in [0, 0.1) is 6.92 Å². The molecule has 0 N–H and O–H groups in total. The number of pyridine rings is 1. The van der Waals surface area contributed by atoms with Gasteiger partial charge in [-0.1, -0.05) is 0 Å². The smallest absolute Gasteiger partial charge is 0.342 e. The second-order valence-electron chi connectivity index (χ2n) is 6.74. The number of carbonyl (C=O) groups excluding carboxylic acids is 1. The van der Waals surface area contributed by atoms with E-state index in [9.17, 15) is 4.79 Å². The van der Waals surface area contributed by atoms with Crippen molar-refractivity contribution in [2.45, 2.75) is 33.4 Å². The Kier molecular flexibility index (Phi) is 5.78. The summed E-state index contributed by atoms with van der Waals surface area (Å²) in [7, 11) is 0. The van der Waals surface area contributed by atoms with Crippen LogP contribution in [-0.2, 0) is 11.3 Å². The maximum absolute atomic E-state index is 12.3. The van der Waals surface area contributed by atoms with E-state index in [0.717, 1.165) is 44.1 Å². The number of aryl methyl sites for hydroxylation is 1. The molecule has 1 aliphatic rings. The normalized spacial score (nSPS) is 15.3. The SMILES string of the molecule is Cc1cnc(CN2CCN(c3ncccc3C(=O)OC(C)C)CC2)cn1. The summed E-state index contributed by atoms with van der Waals surface area (Å²) in [4.78, 5) is 30.0. The fraction of sp³-hybridized carbons (Fsp3) is 0.474. The molecule has 0 atom stereocenters. The highest BCUT2D eigenvalue weighted by molar-refractivity contribution is 5.94. The maximum Gasteiger partial charge on any atom is 0.342 e. The molecule has 0 aromatic carbocycles. The zero-order chi connectivity index (χ0) is 18.5. The molecule has 7 nitrogen and oxygen atoms in total. The average Bonchev–Trinajstić information content (AvgIpc) is 2.64. The van der Waals surface area contributed by atoms with Gasteiger partial charge >= 0.3 is 5.97 Å². The predicted octanol–water partition coefficient (Wildman–Crippen LogP) is 2.07. The van der Waals surface area contributed by atoms with Crippen LogP contribution in [0.15, 0.2) is 30.7 Å². The highest BCUT2D eigenvalue weighted by Gasteiger charge is 2.23. The number of hydrogen-bond acceptors (Lipinski definition) is 7. The molecule has 0 spiro atoms. The Bertz CT molecular complexity index is 740. The standard InChI is InChI=1S/C19H25N5O2/c1-14(2)26-19(25)17-5-4-6-20-18(17)24-9-7-23(8-10-24)13-16-12-21-15(3)11-22-16/h4-6,11-12,14H,7-10,13H2,1-3H3. The topological polar surface area (TPSA) is 71.5 Å². The van der Waals surface area contributed by atoms with Crippen molar-refractivity contribution in [2.24, 2.45) is 0 Å². The lowest BCUT2D eigenvalue weighted by Gasteiger charge is -2.35. The zero-order valence-corrected chi connectivity index (χ0v) is 15.6. The number of aromatic nitrogens is 3. The van der Waals surface area contributed by atoms with Gasteiger partial charge in [-0.3, -0.25) is 14.9 Å². The molecule has 0 unspecified atom stereocenters. The van der Waals surface area contributed by atoms with Gasteiger partial charge in [-0.25, -0.2) is 9.78 Å². The van der Waals surface area contributed by atoms with Gasteiger partial charge in [0.05, 0.1) is 17.5 Å². The molecule has 138 valence electrons. The molecule has 1 fully saturated rings. The molecule has 0 amide bonds. The Morgan fingerprint density at radius 1 is 1.15 bits per heavy atom. The maximum atomic E-state index is 12.3. The van der Waals surface area contributed by atoms with Gasteiger partial charge in [-0.15, -0.1) is 0 Å². The Morgan fingerprint density at radius 2 is 1.92 bits per heavy atom. The van der Waals surface area contributed by atoms with Gasteiger partial charge in [0.2, 0.25) is 0 Å². The van der Waals surface area contributed by atoms with Gasteiger partial charge in [0.25, 0.3) is 0 Å². The summed E-state index contributed by atoms with van der Waals surface area (Å²) in [6, 6.07) is 3.55. The minimum absolute atomic E-state index is 0.150. The van der Waals surface area contributed by atoms with Crippen molar-refractivity contribution in [2.75, 3.05) is 31.1 Å². The van der Waals surface area contributed by atoms with Crippen molar-refractivity contribution in [1.29, 1.82) is 0 Å². The lowest BCUT2D eigenvalue weighted by Crippen LogP contribution is -2.46. The van der Waals surface area contributed by atoms with Gasteiger partial charge in [0.1, 0.15) is 11.4 Å². The lowest BCUT2D eigenvalue weighted by atomic mass is 10.2. The summed E-state index contributed by atoms with van der Waals surface area (Å²) in [6.07, 6.45) is 5.20. The number of nitrogens with zero attached hydrogens (tertiary/aromatic N) is 5. The van der Waals surface area contributed by atoms with E-state index in [4.69, 9.17) is 4.74 Å². The van der Waals surface area contributed by atoms with Gasteiger partial charge in [0, 0.05) is 51.3 Å². The van der Waals surface area contributed by atoms with E-state index in [2.05, 4.69) is 24.8 Å². The predicted molar refractivity (Wildman–Crippen MR) is 99.0 cm³/mol. The van der Waals surface area contributed by atoms with E-state index in [1.807, 2.05) is 27.0 Å². The third-order valence-corrected chi connectivity index (χ3v) is 4.24. The first-order chi connectivity index (χ1) is 12.5. The quantitative estimate of drug-likeness (QED) is 0.760. The monoisotopic (exact) mass is 355 g/mol. The molecular weight excluding hydrogens is 330 g/mol. The van der Waals surface area contributed by atoms with Crippen molar-refractivity contribution in [1.82, 2.24) is 19.9 Å². The van der Waals surface area contributed by atoms with E-state index in [0.29, 0.717) is 11.4 Å². The Hall–Kier alpha value is -2.54. The zero-order valence-electron chi connectivity index (χ0n) is 15.6. The highest BCUT2D eigenvalue weighted by atomic mass is 16.5. The number of rotatable bonds is 5. The lowest BCUT2D eigenvalue weighted by molar-refractivity contribution is 0.0378. The number of piperazine rings is 1. The van der Waals surface area contributed by atoms with Gasteiger partial charge < -0.3 is 9.64 Å². The van der Waals surface area contributed by atoms with E-state index in [1.54, 1.807) is 24.5 Å². The van der Waals surface area contributed by atoms with Crippen molar-refractivity contribution in [3.8, 4) is 0 Å². The number of carbonyl (C=O) groups is 1. The number of esters is 1. The molecule has 1 saturated heterocycles. The molecule has 1 aliphatic heterocycles. The van der Waals surface area contributed by atoms with Crippen LogP contribution in [0.1, 0.15) is 35.6 Å². The second-order valence-corrected chi connectivity index (χ2v) is 6.74.